The van der Waals surface area contributed by atoms with Crippen LogP contribution in [0.15, 0.2) is 41.3 Å². The Hall–Kier alpha value is -1.79. The number of halogens is 2. The second-order valence-corrected chi connectivity index (χ2v) is 8.43. The number of hydrogen-bond acceptors (Lipinski definition) is 3. The van der Waals surface area contributed by atoms with Gasteiger partial charge >= 0.3 is 0 Å². The standard InChI is InChI=1S/C17H19ClFNO3S/c1-17(2,3)11-5-7-15(23-4)14(9-11)20-24(21,22)16-8-6-12(18)10-13(16)19/h5-10,20H,1-4H3. The van der Waals surface area contributed by atoms with Gasteiger partial charge in [0.1, 0.15) is 16.5 Å². The summed E-state index contributed by atoms with van der Waals surface area (Å²) < 4.78 is 46.6. The Morgan fingerprint density at radius 2 is 1.79 bits per heavy atom. The highest BCUT2D eigenvalue weighted by Crippen LogP contribution is 2.33. The zero-order chi connectivity index (χ0) is 18.1. The zero-order valence-corrected chi connectivity index (χ0v) is 15.4. The van der Waals surface area contributed by atoms with Crippen molar-refractivity contribution >= 4 is 27.3 Å². The van der Waals surface area contributed by atoms with Crippen LogP contribution in [0.4, 0.5) is 10.1 Å². The van der Waals surface area contributed by atoms with Gasteiger partial charge in [0, 0.05) is 5.02 Å². The van der Waals surface area contributed by atoms with E-state index in [9.17, 15) is 12.8 Å². The molecule has 0 aliphatic rings. The van der Waals surface area contributed by atoms with E-state index in [0.29, 0.717) is 5.75 Å². The van der Waals surface area contributed by atoms with Crippen molar-refractivity contribution in [1.82, 2.24) is 0 Å². The van der Waals surface area contributed by atoms with E-state index in [1.165, 1.54) is 13.2 Å². The molecule has 0 heterocycles. The molecule has 0 radical (unpaired) electrons. The van der Waals surface area contributed by atoms with Crippen LogP contribution in [0.25, 0.3) is 0 Å². The maximum Gasteiger partial charge on any atom is 0.264 e. The molecule has 7 heteroatoms. The molecule has 2 rings (SSSR count). The largest absolute Gasteiger partial charge is 0.495 e. The fraction of sp³-hybridized carbons (Fsp3) is 0.294. The minimum Gasteiger partial charge on any atom is -0.495 e. The number of methoxy groups -OCH3 is 1. The molecule has 2 aromatic carbocycles. The first-order chi connectivity index (χ1) is 11.0. The highest BCUT2D eigenvalue weighted by Gasteiger charge is 2.23. The van der Waals surface area contributed by atoms with Crippen LogP contribution in [0.1, 0.15) is 26.3 Å². The van der Waals surface area contributed by atoms with E-state index in [0.717, 1.165) is 17.7 Å². The second kappa shape index (κ2) is 6.61. The molecule has 24 heavy (non-hydrogen) atoms. The van der Waals surface area contributed by atoms with Crippen LogP contribution in [0.5, 0.6) is 5.75 Å². The Morgan fingerprint density at radius 1 is 1.12 bits per heavy atom. The van der Waals surface area contributed by atoms with Crippen LogP contribution in [-0.2, 0) is 15.4 Å². The molecular weight excluding hydrogens is 353 g/mol. The maximum atomic E-state index is 14.0. The molecule has 0 fully saturated rings. The molecule has 0 saturated heterocycles. The quantitative estimate of drug-likeness (QED) is 0.855. The van der Waals surface area contributed by atoms with E-state index in [2.05, 4.69) is 4.72 Å². The third-order valence-corrected chi connectivity index (χ3v) is 5.13. The number of rotatable bonds is 4. The van der Waals surface area contributed by atoms with Crippen molar-refractivity contribution in [3.63, 3.8) is 0 Å². The summed E-state index contributed by atoms with van der Waals surface area (Å²) in [6.45, 7) is 6.02. The summed E-state index contributed by atoms with van der Waals surface area (Å²) in [6, 6.07) is 8.63. The van der Waals surface area contributed by atoms with Crippen molar-refractivity contribution in [1.29, 1.82) is 0 Å². The Bertz CT molecular complexity index is 861. The Morgan fingerprint density at radius 3 is 2.33 bits per heavy atom. The van der Waals surface area contributed by atoms with E-state index in [-0.39, 0.29) is 16.1 Å². The van der Waals surface area contributed by atoms with Crippen LogP contribution >= 0.6 is 11.6 Å². The molecule has 0 aromatic heterocycles. The van der Waals surface area contributed by atoms with Gasteiger partial charge in [0.05, 0.1) is 12.8 Å². The smallest absolute Gasteiger partial charge is 0.264 e. The summed E-state index contributed by atoms with van der Waals surface area (Å²) >= 11 is 5.67. The number of anilines is 1. The van der Waals surface area contributed by atoms with Gasteiger partial charge in [-0.25, -0.2) is 12.8 Å². The summed E-state index contributed by atoms with van der Waals surface area (Å²) in [5.74, 6) is -0.568. The predicted molar refractivity (Wildman–Crippen MR) is 93.9 cm³/mol. The van der Waals surface area contributed by atoms with Crippen molar-refractivity contribution in [3.05, 3.63) is 52.8 Å². The molecule has 0 saturated carbocycles. The van der Waals surface area contributed by atoms with Crippen molar-refractivity contribution in [2.24, 2.45) is 0 Å². The summed E-state index contributed by atoms with van der Waals surface area (Å²) in [5, 5.41) is 0.124. The van der Waals surface area contributed by atoms with Crippen LogP contribution in [-0.4, -0.2) is 15.5 Å². The maximum absolute atomic E-state index is 14.0. The summed E-state index contributed by atoms with van der Waals surface area (Å²) in [4.78, 5) is -0.477. The Balaban J connectivity index is 2.49. The topological polar surface area (TPSA) is 55.4 Å². The fourth-order valence-corrected chi connectivity index (χ4v) is 3.43. The van der Waals surface area contributed by atoms with Gasteiger partial charge in [0.15, 0.2) is 0 Å². The highest BCUT2D eigenvalue weighted by atomic mass is 35.5. The fourth-order valence-electron chi connectivity index (χ4n) is 2.15. The SMILES string of the molecule is COc1ccc(C(C)(C)C)cc1NS(=O)(=O)c1ccc(Cl)cc1F. The molecule has 0 aliphatic heterocycles. The number of ether oxygens (including phenoxy) is 1. The highest BCUT2D eigenvalue weighted by molar-refractivity contribution is 7.92. The second-order valence-electron chi connectivity index (χ2n) is 6.35. The van der Waals surface area contributed by atoms with Crippen molar-refractivity contribution < 1.29 is 17.5 Å². The van der Waals surface area contributed by atoms with E-state index >= 15 is 0 Å². The number of benzene rings is 2. The first-order valence-electron chi connectivity index (χ1n) is 7.21. The summed E-state index contributed by atoms with van der Waals surface area (Å²) in [5.41, 5.74) is 0.981. The molecule has 0 atom stereocenters. The number of nitrogens with one attached hydrogen (secondary N) is 1. The van der Waals surface area contributed by atoms with Crippen molar-refractivity contribution in [2.45, 2.75) is 31.1 Å². The average molecular weight is 372 g/mol. The first kappa shape index (κ1) is 18.5. The van der Waals surface area contributed by atoms with Gasteiger partial charge in [0.25, 0.3) is 10.0 Å². The van der Waals surface area contributed by atoms with Gasteiger partial charge in [-0.15, -0.1) is 0 Å². The third-order valence-electron chi connectivity index (χ3n) is 3.49. The molecule has 0 bridgehead atoms. The molecule has 0 amide bonds. The van der Waals surface area contributed by atoms with Crippen LogP contribution in [0.2, 0.25) is 5.02 Å². The normalized spacial score (nSPS) is 12.1. The summed E-state index contributed by atoms with van der Waals surface area (Å²) in [7, 11) is -2.68. The molecule has 0 aliphatic carbocycles. The molecule has 4 nitrogen and oxygen atoms in total. The molecule has 130 valence electrons. The predicted octanol–water partition coefficient (Wildman–Crippen LogP) is 4.59. The number of hydrogen-bond donors (Lipinski definition) is 1. The molecule has 2 aromatic rings. The lowest BCUT2D eigenvalue weighted by molar-refractivity contribution is 0.416. The van der Waals surface area contributed by atoms with Crippen molar-refractivity contribution in [3.8, 4) is 5.75 Å². The van der Waals surface area contributed by atoms with Crippen LogP contribution in [0.3, 0.4) is 0 Å². The zero-order valence-electron chi connectivity index (χ0n) is 13.9. The molecular formula is C17H19ClFNO3S. The van der Waals surface area contributed by atoms with Gasteiger partial charge in [-0.05, 0) is 41.3 Å². The third kappa shape index (κ3) is 3.99. The van der Waals surface area contributed by atoms with E-state index in [4.69, 9.17) is 16.3 Å². The van der Waals surface area contributed by atoms with Gasteiger partial charge in [-0.3, -0.25) is 4.72 Å². The average Bonchev–Trinajstić information content (AvgIpc) is 2.45. The van der Waals surface area contributed by atoms with E-state index < -0.39 is 20.7 Å². The summed E-state index contributed by atoms with van der Waals surface area (Å²) in [6.07, 6.45) is 0. The lowest BCUT2D eigenvalue weighted by atomic mass is 9.87. The molecule has 0 unspecified atom stereocenters. The van der Waals surface area contributed by atoms with Gasteiger partial charge < -0.3 is 4.74 Å². The lowest BCUT2D eigenvalue weighted by Crippen LogP contribution is -2.17. The van der Waals surface area contributed by atoms with E-state index in [1.807, 2.05) is 26.8 Å². The monoisotopic (exact) mass is 371 g/mol. The van der Waals surface area contributed by atoms with E-state index in [1.54, 1.807) is 12.1 Å². The van der Waals surface area contributed by atoms with Crippen molar-refractivity contribution in [2.75, 3.05) is 11.8 Å². The first-order valence-corrected chi connectivity index (χ1v) is 9.07. The lowest BCUT2D eigenvalue weighted by Gasteiger charge is -2.21. The minimum absolute atomic E-state index is 0.124. The van der Waals surface area contributed by atoms with Gasteiger partial charge in [-0.2, -0.15) is 0 Å². The van der Waals surface area contributed by atoms with Gasteiger partial charge in [0.2, 0.25) is 0 Å². The Labute approximate surface area is 146 Å². The number of sulfonamides is 1. The molecule has 0 spiro atoms. The van der Waals surface area contributed by atoms with Crippen LogP contribution in [0, 0.1) is 5.82 Å². The minimum atomic E-state index is -4.12. The van der Waals surface area contributed by atoms with Gasteiger partial charge in [-0.1, -0.05) is 38.4 Å². The van der Waals surface area contributed by atoms with Crippen LogP contribution < -0.4 is 9.46 Å². The Kier molecular flexibility index (Phi) is 5.11. The molecule has 1 N–H and O–H groups in total.